The van der Waals surface area contributed by atoms with Gasteiger partial charge in [0, 0.05) is 0 Å². The van der Waals surface area contributed by atoms with Crippen LogP contribution in [0.4, 0.5) is 0 Å². The van der Waals surface area contributed by atoms with Gasteiger partial charge in [-0.2, -0.15) is 0 Å². The molecular formula is C19H40O9. The Morgan fingerprint density at radius 2 is 0.786 bits per heavy atom. The van der Waals surface area contributed by atoms with Gasteiger partial charge in [-0.15, -0.1) is 0 Å². The fourth-order valence-electron chi connectivity index (χ4n) is 1.78. The average molecular weight is 413 g/mol. The summed E-state index contributed by atoms with van der Waals surface area (Å²) in [5, 5.41) is 18.1. The first-order chi connectivity index (χ1) is 13.7. The molecule has 0 amide bonds. The highest BCUT2D eigenvalue weighted by Crippen LogP contribution is 2.00. The third-order valence-corrected chi connectivity index (χ3v) is 3.53. The molecule has 0 aromatic heterocycles. The van der Waals surface area contributed by atoms with Gasteiger partial charge < -0.3 is 43.4 Å². The van der Waals surface area contributed by atoms with Crippen molar-refractivity contribution in [2.45, 2.75) is 20.0 Å². The first-order valence-corrected chi connectivity index (χ1v) is 10.0. The van der Waals surface area contributed by atoms with Crippen molar-refractivity contribution >= 4 is 0 Å². The molecule has 0 aliphatic rings. The van der Waals surface area contributed by atoms with Crippen LogP contribution in [0.15, 0.2) is 0 Å². The summed E-state index contributed by atoms with van der Waals surface area (Å²) in [6, 6.07) is 0. The fourth-order valence-corrected chi connectivity index (χ4v) is 1.78. The Balaban J connectivity index is 3.03. The molecule has 0 aliphatic heterocycles. The Morgan fingerprint density at radius 3 is 1.07 bits per heavy atom. The average Bonchev–Trinajstić information content (AvgIpc) is 2.68. The van der Waals surface area contributed by atoms with Gasteiger partial charge in [-0.05, 0) is 5.92 Å². The van der Waals surface area contributed by atoms with E-state index in [0.717, 1.165) is 0 Å². The van der Waals surface area contributed by atoms with E-state index in [-0.39, 0.29) is 12.5 Å². The quantitative estimate of drug-likeness (QED) is 0.226. The molecule has 28 heavy (non-hydrogen) atoms. The van der Waals surface area contributed by atoms with Crippen LogP contribution in [0.25, 0.3) is 0 Å². The Hall–Kier alpha value is -0.360. The first kappa shape index (κ1) is 27.6. The van der Waals surface area contributed by atoms with E-state index >= 15 is 0 Å². The summed E-state index contributed by atoms with van der Waals surface area (Å²) in [7, 11) is 0. The Labute approximate surface area is 169 Å². The lowest BCUT2D eigenvalue weighted by Gasteiger charge is -2.14. The zero-order valence-electron chi connectivity index (χ0n) is 17.5. The highest BCUT2D eigenvalue weighted by molar-refractivity contribution is 4.57. The van der Waals surface area contributed by atoms with Crippen molar-refractivity contribution in [2.24, 2.45) is 5.92 Å². The summed E-state index contributed by atoms with van der Waals surface area (Å²) in [6.07, 6.45) is -0.426. The molecule has 0 bridgehead atoms. The molecule has 9 nitrogen and oxygen atoms in total. The van der Waals surface area contributed by atoms with Crippen LogP contribution in [0.5, 0.6) is 0 Å². The molecule has 0 saturated carbocycles. The molecule has 0 fully saturated rings. The van der Waals surface area contributed by atoms with Crippen molar-refractivity contribution in [1.29, 1.82) is 0 Å². The lowest BCUT2D eigenvalue weighted by Crippen LogP contribution is -2.22. The monoisotopic (exact) mass is 412 g/mol. The molecule has 0 saturated heterocycles. The smallest absolute Gasteiger partial charge is 0.0796 e. The van der Waals surface area contributed by atoms with E-state index < -0.39 is 6.10 Å². The van der Waals surface area contributed by atoms with Crippen molar-refractivity contribution in [3.63, 3.8) is 0 Å². The number of hydrogen-bond donors (Lipinski definition) is 2. The van der Waals surface area contributed by atoms with Crippen LogP contribution in [0.3, 0.4) is 0 Å². The van der Waals surface area contributed by atoms with E-state index in [1.54, 1.807) is 0 Å². The molecule has 1 unspecified atom stereocenters. The van der Waals surface area contributed by atoms with Crippen LogP contribution in [0.2, 0.25) is 0 Å². The molecule has 0 spiro atoms. The van der Waals surface area contributed by atoms with Gasteiger partial charge in [-0.25, -0.2) is 0 Å². The summed E-state index contributed by atoms with van der Waals surface area (Å²) in [6.45, 7) is 10.6. The van der Waals surface area contributed by atoms with E-state index in [9.17, 15) is 5.11 Å². The van der Waals surface area contributed by atoms with Crippen LogP contribution in [0, 0.1) is 5.92 Å². The maximum atomic E-state index is 9.56. The van der Waals surface area contributed by atoms with Gasteiger partial charge in [0.2, 0.25) is 0 Å². The zero-order valence-corrected chi connectivity index (χ0v) is 17.5. The summed E-state index contributed by atoms with van der Waals surface area (Å²) >= 11 is 0. The lowest BCUT2D eigenvalue weighted by atomic mass is 10.1. The van der Waals surface area contributed by atoms with Crippen LogP contribution < -0.4 is 0 Å². The third-order valence-electron chi connectivity index (χ3n) is 3.53. The second-order valence-electron chi connectivity index (χ2n) is 6.28. The number of rotatable bonds is 23. The predicted octanol–water partition coefficient (Wildman–Crippen LogP) is 0.112. The van der Waals surface area contributed by atoms with E-state index in [1.807, 2.05) is 13.8 Å². The number of ether oxygens (including phenoxy) is 7. The summed E-state index contributed by atoms with van der Waals surface area (Å²) in [4.78, 5) is 0. The van der Waals surface area contributed by atoms with Gasteiger partial charge in [0.25, 0.3) is 0 Å². The maximum absolute atomic E-state index is 9.56. The Kier molecular flexibility index (Phi) is 22.6. The highest BCUT2D eigenvalue weighted by atomic mass is 16.6. The Bertz CT molecular complexity index is 293. The first-order valence-electron chi connectivity index (χ1n) is 10.0. The van der Waals surface area contributed by atoms with Crippen molar-refractivity contribution in [2.75, 3.05) is 99.1 Å². The molecule has 9 heteroatoms. The molecule has 0 rings (SSSR count). The topological polar surface area (TPSA) is 105 Å². The van der Waals surface area contributed by atoms with Crippen LogP contribution in [-0.4, -0.2) is 115 Å². The minimum Gasteiger partial charge on any atom is -0.394 e. The van der Waals surface area contributed by atoms with Gasteiger partial charge in [-0.3, -0.25) is 0 Å². The summed E-state index contributed by atoms with van der Waals surface area (Å²) in [5.41, 5.74) is 0. The molecule has 2 N–H and O–H groups in total. The largest absolute Gasteiger partial charge is 0.394 e. The zero-order chi connectivity index (χ0) is 20.7. The van der Waals surface area contributed by atoms with E-state index in [0.29, 0.717) is 92.5 Å². The van der Waals surface area contributed by atoms with Crippen LogP contribution in [-0.2, 0) is 33.2 Å². The van der Waals surface area contributed by atoms with E-state index in [1.165, 1.54) is 0 Å². The number of hydrogen-bond acceptors (Lipinski definition) is 9. The minimum absolute atomic E-state index is 0.0302. The van der Waals surface area contributed by atoms with Gasteiger partial charge in [-0.1, -0.05) is 13.8 Å². The molecule has 0 radical (unpaired) electrons. The third kappa shape index (κ3) is 21.9. The maximum Gasteiger partial charge on any atom is 0.0796 e. The van der Waals surface area contributed by atoms with Crippen molar-refractivity contribution < 1.29 is 43.4 Å². The van der Waals surface area contributed by atoms with Gasteiger partial charge in [0.15, 0.2) is 0 Å². The van der Waals surface area contributed by atoms with E-state index in [2.05, 4.69) is 0 Å². The molecule has 0 heterocycles. The molecule has 0 aromatic rings. The summed E-state index contributed by atoms with van der Waals surface area (Å²) < 4.78 is 37.2. The Morgan fingerprint density at radius 1 is 0.500 bits per heavy atom. The second-order valence-corrected chi connectivity index (χ2v) is 6.28. The fraction of sp³-hybridized carbons (Fsp3) is 1.00. The van der Waals surface area contributed by atoms with Gasteiger partial charge >= 0.3 is 0 Å². The minimum atomic E-state index is -0.426. The normalized spacial score (nSPS) is 12.8. The second kappa shape index (κ2) is 22.9. The lowest BCUT2D eigenvalue weighted by molar-refractivity contribution is -0.0301. The predicted molar refractivity (Wildman–Crippen MR) is 104 cm³/mol. The SMILES string of the molecule is CC(C)C(O)COCCOCCOCCOCCOCCOCCOCCO. The molecule has 170 valence electrons. The van der Waals surface area contributed by atoms with Crippen LogP contribution in [0.1, 0.15) is 13.8 Å². The number of aliphatic hydroxyl groups is 2. The van der Waals surface area contributed by atoms with E-state index in [4.69, 9.17) is 38.3 Å². The molecular weight excluding hydrogens is 372 g/mol. The molecule has 0 aliphatic carbocycles. The van der Waals surface area contributed by atoms with Crippen molar-refractivity contribution in [3.05, 3.63) is 0 Å². The molecule has 1 atom stereocenters. The van der Waals surface area contributed by atoms with Gasteiger partial charge in [0.1, 0.15) is 0 Å². The number of aliphatic hydroxyl groups excluding tert-OH is 2. The summed E-state index contributed by atoms with van der Waals surface area (Å²) in [5.74, 6) is 0.200. The molecule has 0 aromatic carbocycles. The standard InChI is InChI=1S/C19H40O9/c1-18(2)19(21)17-28-16-15-27-14-13-26-12-11-25-10-9-24-8-7-23-6-5-22-4-3-20/h18-21H,3-17H2,1-2H3. The van der Waals surface area contributed by atoms with Crippen molar-refractivity contribution in [3.8, 4) is 0 Å². The van der Waals surface area contributed by atoms with Gasteiger partial charge in [0.05, 0.1) is 105 Å². The highest BCUT2D eigenvalue weighted by Gasteiger charge is 2.08. The van der Waals surface area contributed by atoms with Crippen molar-refractivity contribution in [1.82, 2.24) is 0 Å². The van der Waals surface area contributed by atoms with Crippen LogP contribution >= 0.6 is 0 Å².